The van der Waals surface area contributed by atoms with Gasteiger partial charge in [-0.05, 0) is 67.8 Å². The third-order valence-corrected chi connectivity index (χ3v) is 4.27. The van der Waals surface area contributed by atoms with Crippen LogP contribution in [0.3, 0.4) is 0 Å². The molecule has 106 valence electrons. The molecule has 0 heterocycles. The normalized spacial score (nSPS) is 12.4. The maximum Gasteiger partial charge on any atom is 0.0456 e. The molecule has 0 bridgehead atoms. The molecule has 2 aromatic rings. The predicted octanol–water partition coefficient (Wildman–Crippen LogP) is 5.11. The number of hydrogen-bond acceptors (Lipinski definition) is 1. The number of aryl methyl sites for hydroxylation is 2. The Balaban J connectivity index is 2.28. The molecule has 0 spiro atoms. The van der Waals surface area contributed by atoms with Gasteiger partial charge in [0.2, 0.25) is 0 Å². The number of hydrogen-bond donors (Lipinski definition) is 1. The average molecular weight is 308 g/mol. The summed E-state index contributed by atoms with van der Waals surface area (Å²) in [5, 5.41) is 4.94. The molecule has 0 saturated carbocycles. The van der Waals surface area contributed by atoms with Gasteiger partial charge in [-0.2, -0.15) is 0 Å². The lowest BCUT2D eigenvalue weighted by Gasteiger charge is -2.19. The van der Waals surface area contributed by atoms with Crippen LogP contribution >= 0.6 is 23.2 Å². The molecule has 1 nitrogen and oxygen atoms in total. The lowest BCUT2D eigenvalue weighted by Crippen LogP contribution is -2.19. The minimum atomic E-state index is 0.197. The molecule has 0 saturated heterocycles. The molecule has 0 aliphatic carbocycles. The third kappa shape index (κ3) is 3.54. The van der Waals surface area contributed by atoms with Crippen LogP contribution in [0.5, 0.6) is 0 Å². The summed E-state index contributed by atoms with van der Waals surface area (Å²) in [6, 6.07) is 12.4. The van der Waals surface area contributed by atoms with Gasteiger partial charge in [0, 0.05) is 16.1 Å². The van der Waals surface area contributed by atoms with Crippen LogP contribution in [0, 0.1) is 13.8 Å². The van der Waals surface area contributed by atoms with Crippen molar-refractivity contribution in [1.82, 2.24) is 5.32 Å². The van der Waals surface area contributed by atoms with E-state index < -0.39 is 0 Å². The van der Waals surface area contributed by atoms with Gasteiger partial charge in [0.05, 0.1) is 0 Å². The smallest absolute Gasteiger partial charge is 0.0456 e. The summed E-state index contributed by atoms with van der Waals surface area (Å²) in [6.45, 7) is 4.20. The van der Waals surface area contributed by atoms with Crippen LogP contribution in [0.1, 0.15) is 28.3 Å². The Bertz CT molecular complexity index is 591. The minimum absolute atomic E-state index is 0.197. The van der Waals surface area contributed by atoms with Crippen molar-refractivity contribution < 1.29 is 0 Å². The average Bonchev–Trinajstić information content (AvgIpc) is 2.43. The van der Waals surface area contributed by atoms with Gasteiger partial charge < -0.3 is 5.32 Å². The van der Waals surface area contributed by atoms with E-state index in [1.807, 2.05) is 25.2 Å². The molecule has 20 heavy (non-hydrogen) atoms. The van der Waals surface area contributed by atoms with E-state index in [9.17, 15) is 0 Å². The Morgan fingerprint density at radius 1 is 1.00 bits per heavy atom. The zero-order chi connectivity index (χ0) is 14.7. The number of halogens is 2. The summed E-state index contributed by atoms with van der Waals surface area (Å²) in [6.07, 6.45) is 0.885. The van der Waals surface area contributed by atoms with E-state index in [0.29, 0.717) is 0 Å². The molecule has 1 atom stereocenters. The van der Waals surface area contributed by atoms with Crippen LogP contribution in [0.2, 0.25) is 10.0 Å². The van der Waals surface area contributed by atoms with Gasteiger partial charge in [0.15, 0.2) is 0 Å². The summed E-state index contributed by atoms with van der Waals surface area (Å²) >= 11 is 12.3. The number of rotatable bonds is 4. The highest BCUT2D eigenvalue weighted by Crippen LogP contribution is 2.28. The molecule has 1 unspecified atom stereocenters. The van der Waals surface area contributed by atoms with Crippen molar-refractivity contribution in [2.24, 2.45) is 0 Å². The first kappa shape index (κ1) is 15.4. The fourth-order valence-corrected chi connectivity index (χ4v) is 2.77. The maximum absolute atomic E-state index is 6.41. The minimum Gasteiger partial charge on any atom is -0.313 e. The quantitative estimate of drug-likeness (QED) is 0.827. The van der Waals surface area contributed by atoms with Crippen molar-refractivity contribution >= 4 is 23.2 Å². The van der Waals surface area contributed by atoms with Crippen molar-refractivity contribution in [3.8, 4) is 0 Å². The number of likely N-dealkylation sites (N-methyl/N-ethyl adjacent to an activating group) is 1. The lowest BCUT2D eigenvalue weighted by molar-refractivity contribution is 0.592. The second-order valence-electron chi connectivity index (χ2n) is 5.13. The van der Waals surface area contributed by atoms with E-state index in [1.165, 1.54) is 16.7 Å². The Morgan fingerprint density at radius 2 is 1.60 bits per heavy atom. The largest absolute Gasteiger partial charge is 0.313 e. The van der Waals surface area contributed by atoms with Gasteiger partial charge >= 0.3 is 0 Å². The Kier molecular flexibility index (Phi) is 5.09. The summed E-state index contributed by atoms with van der Waals surface area (Å²) in [7, 11) is 1.96. The Labute approximate surface area is 130 Å². The molecule has 0 aliphatic heterocycles. The second kappa shape index (κ2) is 6.62. The molecule has 0 aliphatic rings. The first-order chi connectivity index (χ1) is 9.51. The Morgan fingerprint density at radius 3 is 2.20 bits per heavy atom. The molecule has 1 N–H and O–H groups in total. The highest BCUT2D eigenvalue weighted by Gasteiger charge is 2.14. The topological polar surface area (TPSA) is 12.0 Å². The zero-order valence-electron chi connectivity index (χ0n) is 12.0. The second-order valence-corrected chi connectivity index (χ2v) is 5.97. The first-order valence-electron chi connectivity index (χ1n) is 6.69. The van der Waals surface area contributed by atoms with E-state index in [4.69, 9.17) is 23.2 Å². The van der Waals surface area contributed by atoms with E-state index in [0.717, 1.165) is 22.0 Å². The summed E-state index contributed by atoms with van der Waals surface area (Å²) in [4.78, 5) is 0. The van der Waals surface area contributed by atoms with Gasteiger partial charge in [0.25, 0.3) is 0 Å². The van der Waals surface area contributed by atoms with Crippen LogP contribution in [-0.2, 0) is 6.42 Å². The van der Waals surface area contributed by atoms with Gasteiger partial charge in [-0.1, -0.05) is 41.4 Å². The summed E-state index contributed by atoms with van der Waals surface area (Å²) in [5.74, 6) is 0. The molecule has 2 aromatic carbocycles. The molecule has 2 rings (SSSR count). The molecule has 0 fully saturated rings. The van der Waals surface area contributed by atoms with Crippen LogP contribution in [0.4, 0.5) is 0 Å². The van der Waals surface area contributed by atoms with E-state index in [-0.39, 0.29) is 6.04 Å². The molecule has 3 heteroatoms. The highest BCUT2D eigenvalue weighted by molar-refractivity contribution is 6.31. The maximum atomic E-state index is 6.41. The van der Waals surface area contributed by atoms with E-state index in [2.05, 4.69) is 37.4 Å². The molecule has 0 aromatic heterocycles. The fourth-order valence-electron chi connectivity index (χ4n) is 2.29. The zero-order valence-corrected chi connectivity index (χ0v) is 13.5. The van der Waals surface area contributed by atoms with Gasteiger partial charge in [-0.3, -0.25) is 0 Å². The molecular weight excluding hydrogens is 289 g/mol. The van der Waals surface area contributed by atoms with E-state index in [1.54, 1.807) is 0 Å². The standard InChI is InChI=1S/C17H19Cl2N/c1-11-8-15(16(19)9-12(11)2)17(20-3)10-13-4-6-14(18)7-5-13/h4-9,17,20H,10H2,1-3H3. The fraction of sp³-hybridized carbons (Fsp3) is 0.294. The Hall–Kier alpha value is -1.02. The molecule has 0 radical (unpaired) electrons. The van der Waals surface area contributed by atoms with Crippen molar-refractivity contribution in [3.05, 3.63) is 68.7 Å². The third-order valence-electron chi connectivity index (χ3n) is 3.69. The first-order valence-corrected chi connectivity index (χ1v) is 7.45. The lowest BCUT2D eigenvalue weighted by atomic mass is 9.96. The van der Waals surface area contributed by atoms with Crippen LogP contribution in [-0.4, -0.2) is 7.05 Å². The van der Waals surface area contributed by atoms with Crippen LogP contribution in [0.25, 0.3) is 0 Å². The van der Waals surface area contributed by atoms with E-state index >= 15 is 0 Å². The van der Waals surface area contributed by atoms with Gasteiger partial charge in [0.1, 0.15) is 0 Å². The molecule has 0 amide bonds. The highest BCUT2D eigenvalue weighted by atomic mass is 35.5. The number of benzene rings is 2. The van der Waals surface area contributed by atoms with Crippen LogP contribution in [0.15, 0.2) is 36.4 Å². The number of nitrogens with one attached hydrogen (secondary N) is 1. The molecular formula is C17H19Cl2N. The summed E-state index contributed by atoms with van der Waals surface area (Å²) in [5.41, 5.74) is 4.87. The predicted molar refractivity (Wildman–Crippen MR) is 87.9 cm³/mol. The van der Waals surface area contributed by atoms with Gasteiger partial charge in [-0.25, -0.2) is 0 Å². The summed E-state index contributed by atoms with van der Waals surface area (Å²) < 4.78 is 0. The van der Waals surface area contributed by atoms with Crippen molar-refractivity contribution in [1.29, 1.82) is 0 Å². The monoisotopic (exact) mass is 307 g/mol. The van der Waals surface area contributed by atoms with Crippen molar-refractivity contribution in [2.45, 2.75) is 26.3 Å². The SMILES string of the molecule is CNC(Cc1ccc(Cl)cc1)c1cc(C)c(C)cc1Cl. The van der Waals surface area contributed by atoms with Gasteiger partial charge in [-0.15, -0.1) is 0 Å². The van der Waals surface area contributed by atoms with Crippen molar-refractivity contribution in [3.63, 3.8) is 0 Å². The van der Waals surface area contributed by atoms with Crippen LogP contribution < -0.4 is 5.32 Å². The van der Waals surface area contributed by atoms with Crippen molar-refractivity contribution in [2.75, 3.05) is 7.05 Å².